The minimum atomic E-state index is -0.0717. The number of ether oxygens (including phenoxy) is 1. The summed E-state index contributed by atoms with van der Waals surface area (Å²) in [4.78, 5) is 11.6. The van der Waals surface area contributed by atoms with Crippen molar-refractivity contribution < 1.29 is 9.53 Å². The molecule has 0 saturated heterocycles. The Morgan fingerprint density at radius 2 is 1.95 bits per heavy atom. The fraction of sp³-hybridized carbons (Fsp3) is 0.588. The number of hydrogen-bond donors (Lipinski definition) is 2. The zero-order valence-electron chi connectivity index (χ0n) is 13.7. The second kappa shape index (κ2) is 9.40. The first kappa shape index (κ1) is 17.5. The minimum absolute atomic E-state index is 0.0660. The van der Waals surface area contributed by atoms with Gasteiger partial charge >= 0.3 is 0 Å². The third-order valence-electron chi connectivity index (χ3n) is 3.26. The molecule has 1 amide bonds. The number of rotatable bonds is 9. The molecule has 0 bridgehead atoms. The highest BCUT2D eigenvalue weighted by Crippen LogP contribution is 2.26. The van der Waals surface area contributed by atoms with Crippen LogP contribution in [-0.2, 0) is 4.79 Å². The number of carbonyl (C=O) groups is 1. The van der Waals surface area contributed by atoms with Gasteiger partial charge in [0.2, 0.25) is 0 Å². The molecule has 0 radical (unpaired) electrons. The average Bonchev–Trinajstić information content (AvgIpc) is 2.49. The molecule has 1 aromatic rings. The summed E-state index contributed by atoms with van der Waals surface area (Å²) in [5, 5.41) is 6.27. The largest absolute Gasteiger partial charge is 0.483 e. The molecule has 21 heavy (non-hydrogen) atoms. The van der Waals surface area contributed by atoms with E-state index in [-0.39, 0.29) is 18.6 Å². The normalized spacial score (nSPS) is 12.0. The van der Waals surface area contributed by atoms with E-state index in [9.17, 15) is 4.79 Å². The van der Waals surface area contributed by atoms with Gasteiger partial charge in [-0.05, 0) is 39.3 Å². The molecule has 0 aliphatic heterocycles. The summed E-state index contributed by atoms with van der Waals surface area (Å²) in [7, 11) is 0. The molecule has 4 nitrogen and oxygen atoms in total. The van der Waals surface area contributed by atoms with Crippen LogP contribution in [0.15, 0.2) is 18.2 Å². The lowest BCUT2D eigenvalue weighted by Crippen LogP contribution is -2.29. The summed E-state index contributed by atoms with van der Waals surface area (Å²) in [6.45, 7) is 10.1. The van der Waals surface area contributed by atoms with E-state index in [4.69, 9.17) is 4.74 Å². The van der Waals surface area contributed by atoms with Crippen LogP contribution in [0.25, 0.3) is 0 Å². The summed E-state index contributed by atoms with van der Waals surface area (Å²) >= 11 is 0. The van der Waals surface area contributed by atoms with Crippen molar-refractivity contribution in [3.8, 4) is 5.75 Å². The molecule has 0 aliphatic carbocycles. The van der Waals surface area contributed by atoms with Gasteiger partial charge in [0.15, 0.2) is 6.61 Å². The molecule has 4 heteroatoms. The monoisotopic (exact) mass is 292 g/mol. The van der Waals surface area contributed by atoms with Gasteiger partial charge in [-0.2, -0.15) is 0 Å². The van der Waals surface area contributed by atoms with Gasteiger partial charge in [-0.25, -0.2) is 0 Å². The van der Waals surface area contributed by atoms with Gasteiger partial charge in [0, 0.05) is 18.2 Å². The molecule has 0 heterocycles. The van der Waals surface area contributed by atoms with Crippen LogP contribution in [-0.4, -0.2) is 25.6 Å². The molecule has 1 rings (SSSR count). The number of nitrogens with one attached hydrogen (secondary N) is 2. The molecule has 0 spiro atoms. The average molecular weight is 292 g/mol. The topological polar surface area (TPSA) is 50.4 Å². The maximum atomic E-state index is 11.6. The van der Waals surface area contributed by atoms with E-state index >= 15 is 0 Å². The molecule has 0 aliphatic rings. The second-order valence-electron chi connectivity index (χ2n) is 5.36. The number of carbonyl (C=O) groups excluding carboxylic acids is 1. The van der Waals surface area contributed by atoms with E-state index in [1.165, 1.54) is 5.56 Å². The highest BCUT2D eigenvalue weighted by molar-refractivity contribution is 5.77. The van der Waals surface area contributed by atoms with Gasteiger partial charge in [-0.3, -0.25) is 4.79 Å². The predicted octanol–water partition coefficient (Wildman–Crippen LogP) is 2.96. The van der Waals surface area contributed by atoms with E-state index in [0.29, 0.717) is 6.54 Å². The zero-order chi connectivity index (χ0) is 15.7. The van der Waals surface area contributed by atoms with Crippen LogP contribution in [0.5, 0.6) is 5.75 Å². The highest BCUT2D eigenvalue weighted by Gasteiger charge is 2.12. The Morgan fingerprint density at radius 1 is 1.24 bits per heavy atom. The van der Waals surface area contributed by atoms with Crippen molar-refractivity contribution in [3.63, 3.8) is 0 Å². The molecule has 1 aromatic carbocycles. The van der Waals surface area contributed by atoms with Crippen LogP contribution in [0.2, 0.25) is 0 Å². The van der Waals surface area contributed by atoms with Crippen LogP contribution in [0.3, 0.4) is 0 Å². The Kier molecular flexibility index (Phi) is 7.83. The van der Waals surface area contributed by atoms with Gasteiger partial charge in [0.1, 0.15) is 5.75 Å². The first-order valence-corrected chi connectivity index (χ1v) is 7.81. The van der Waals surface area contributed by atoms with Crippen molar-refractivity contribution in [3.05, 3.63) is 29.3 Å². The third-order valence-corrected chi connectivity index (χ3v) is 3.26. The molecule has 1 unspecified atom stereocenters. The quantitative estimate of drug-likeness (QED) is 0.735. The molecule has 0 saturated carbocycles. The SMILES string of the molecule is CCCNC(=O)COc1ccc(C)cc1C(C)NCCC. The standard InChI is InChI=1S/C17H28N2O2/c1-5-9-18-14(4)15-11-13(3)7-8-16(15)21-12-17(20)19-10-6-2/h7-8,11,14,18H,5-6,9-10,12H2,1-4H3,(H,19,20). The Hall–Kier alpha value is -1.55. The number of benzene rings is 1. The number of aryl methyl sites for hydroxylation is 1. The van der Waals surface area contributed by atoms with Gasteiger partial charge < -0.3 is 15.4 Å². The number of hydrogen-bond acceptors (Lipinski definition) is 3. The smallest absolute Gasteiger partial charge is 0.257 e. The third kappa shape index (κ3) is 6.17. The van der Waals surface area contributed by atoms with Crippen molar-refractivity contribution in [2.24, 2.45) is 0 Å². The van der Waals surface area contributed by atoms with Crippen LogP contribution >= 0.6 is 0 Å². The summed E-state index contributed by atoms with van der Waals surface area (Å²) in [5.74, 6) is 0.709. The second-order valence-corrected chi connectivity index (χ2v) is 5.36. The van der Waals surface area contributed by atoms with Gasteiger partial charge in [-0.15, -0.1) is 0 Å². The molecule has 2 N–H and O–H groups in total. The van der Waals surface area contributed by atoms with Gasteiger partial charge in [-0.1, -0.05) is 31.5 Å². The molecular weight excluding hydrogens is 264 g/mol. The summed E-state index contributed by atoms with van der Waals surface area (Å²) < 4.78 is 5.70. The van der Waals surface area contributed by atoms with E-state index in [0.717, 1.165) is 30.7 Å². The van der Waals surface area contributed by atoms with Crippen LogP contribution in [0.4, 0.5) is 0 Å². The lowest BCUT2D eigenvalue weighted by atomic mass is 10.0. The minimum Gasteiger partial charge on any atom is -0.483 e. The van der Waals surface area contributed by atoms with Gasteiger partial charge in [0.25, 0.3) is 5.91 Å². The van der Waals surface area contributed by atoms with E-state index in [1.54, 1.807) is 0 Å². The van der Waals surface area contributed by atoms with E-state index in [2.05, 4.69) is 37.5 Å². The maximum absolute atomic E-state index is 11.6. The fourth-order valence-electron chi connectivity index (χ4n) is 2.07. The summed E-state index contributed by atoms with van der Waals surface area (Å²) in [6.07, 6.45) is 2.02. The Labute approximate surface area is 128 Å². The van der Waals surface area contributed by atoms with Crippen molar-refractivity contribution >= 4 is 5.91 Å². The van der Waals surface area contributed by atoms with Crippen molar-refractivity contribution in [2.75, 3.05) is 19.7 Å². The first-order chi connectivity index (χ1) is 10.1. The first-order valence-electron chi connectivity index (χ1n) is 7.81. The number of amides is 1. The van der Waals surface area contributed by atoms with Crippen LogP contribution in [0, 0.1) is 6.92 Å². The highest BCUT2D eigenvalue weighted by atomic mass is 16.5. The van der Waals surface area contributed by atoms with Crippen molar-refractivity contribution in [1.29, 1.82) is 0 Å². The Balaban J connectivity index is 2.70. The van der Waals surface area contributed by atoms with Crippen LogP contribution in [0.1, 0.15) is 50.8 Å². The van der Waals surface area contributed by atoms with Gasteiger partial charge in [0.05, 0.1) is 0 Å². The summed E-state index contributed by atoms with van der Waals surface area (Å²) in [6, 6.07) is 6.28. The molecule has 0 fully saturated rings. The van der Waals surface area contributed by atoms with Crippen LogP contribution < -0.4 is 15.4 Å². The van der Waals surface area contributed by atoms with E-state index < -0.39 is 0 Å². The Morgan fingerprint density at radius 3 is 2.62 bits per heavy atom. The maximum Gasteiger partial charge on any atom is 0.257 e. The zero-order valence-corrected chi connectivity index (χ0v) is 13.7. The molecule has 118 valence electrons. The molecule has 1 atom stereocenters. The lowest BCUT2D eigenvalue weighted by molar-refractivity contribution is -0.123. The Bertz CT molecular complexity index is 446. The lowest BCUT2D eigenvalue weighted by Gasteiger charge is -2.18. The van der Waals surface area contributed by atoms with Crippen molar-refractivity contribution in [2.45, 2.75) is 46.6 Å². The molecule has 0 aromatic heterocycles. The predicted molar refractivity (Wildman–Crippen MR) is 86.7 cm³/mol. The fourth-order valence-corrected chi connectivity index (χ4v) is 2.07. The summed E-state index contributed by atoms with van der Waals surface area (Å²) in [5.41, 5.74) is 2.30. The van der Waals surface area contributed by atoms with E-state index in [1.807, 2.05) is 19.1 Å². The van der Waals surface area contributed by atoms with Crippen molar-refractivity contribution in [1.82, 2.24) is 10.6 Å². The molecular formula is C17H28N2O2.